The third-order valence-electron chi connectivity index (χ3n) is 2.59. The molecule has 2 nitrogen and oxygen atoms in total. The summed E-state index contributed by atoms with van der Waals surface area (Å²) in [5, 5.41) is 3.97. The fourth-order valence-electron chi connectivity index (χ4n) is 1.60. The number of benzene rings is 2. The summed E-state index contributed by atoms with van der Waals surface area (Å²) < 4.78 is 0.996. The standard InChI is InChI=1S/C16H14BrNO/c1-2-13-6-5-7-14(10-13)12-19-18-11-15-8-3-4-9-16(15)17/h2-11H,1,12H2. The molecule has 0 aliphatic heterocycles. The minimum absolute atomic E-state index is 0.447. The van der Waals surface area contributed by atoms with Crippen LogP contribution in [-0.4, -0.2) is 6.21 Å². The number of nitrogens with zero attached hydrogens (tertiary/aromatic N) is 1. The molecule has 0 bridgehead atoms. The lowest BCUT2D eigenvalue weighted by atomic mass is 10.1. The van der Waals surface area contributed by atoms with Gasteiger partial charge in [0.05, 0.1) is 6.21 Å². The Kier molecular flexibility index (Phi) is 4.93. The van der Waals surface area contributed by atoms with E-state index in [0.717, 1.165) is 21.2 Å². The van der Waals surface area contributed by atoms with E-state index in [0.29, 0.717) is 6.61 Å². The molecule has 0 N–H and O–H groups in total. The predicted molar refractivity (Wildman–Crippen MR) is 83.1 cm³/mol. The molecule has 0 fully saturated rings. The number of halogens is 1. The zero-order valence-corrected chi connectivity index (χ0v) is 12.0. The van der Waals surface area contributed by atoms with Crippen LogP contribution in [0.3, 0.4) is 0 Å². The topological polar surface area (TPSA) is 21.6 Å². The van der Waals surface area contributed by atoms with Gasteiger partial charge in [-0.3, -0.25) is 0 Å². The molecule has 0 aliphatic rings. The van der Waals surface area contributed by atoms with Gasteiger partial charge >= 0.3 is 0 Å². The van der Waals surface area contributed by atoms with Gasteiger partial charge in [-0.1, -0.05) is 70.1 Å². The van der Waals surface area contributed by atoms with Crippen molar-refractivity contribution in [2.45, 2.75) is 6.61 Å². The van der Waals surface area contributed by atoms with Gasteiger partial charge in [-0.2, -0.15) is 0 Å². The average Bonchev–Trinajstić information content (AvgIpc) is 2.45. The summed E-state index contributed by atoms with van der Waals surface area (Å²) >= 11 is 3.45. The van der Waals surface area contributed by atoms with Crippen molar-refractivity contribution in [3.8, 4) is 0 Å². The highest BCUT2D eigenvalue weighted by Gasteiger charge is 1.95. The number of hydrogen-bond acceptors (Lipinski definition) is 2. The fraction of sp³-hybridized carbons (Fsp3) is 0.0625. The van der Waals surface area contributed by atoms with E-state index in [1.54, 1.807) is 6.21 Å². The van der Waals surface area contributed by atoms with Crippen molar-refractivity contribution in [2.24, 2.45) is 5.16 Å². The Labute approximate surface area is 121 Å². The maximum Gasteiger partial charge on any atom is 0.142 e. The van der Waals surface area contributed by atoms with Gasteiger partial charge in [0.25, 0.3) is 0 Å². The first-order valence-electron chi connectivity index (χ1n) is 5.91. The van der Waals surface area contributed by atoms with Crippen LogP contribution >= 0.6 is 15.9 Å². The van der Waals surface area contributed by atoms with Crippen molar-refractivity contribution in [1.82, 2.24) is 0 Å². The van der Waals surface area contributed by atoms with E-state index in [-0.39, 0.29) is 0 Å². The molecule has 0 aromatic heterocycles. The molecule has 0 aliphatic carbocycles. The second kappa shape index (κ2) is 6.90. The van der Waals surface area contributed by atoms with Crippen LogP contribution in [0.2, 0.25) is 0 Å². The second-order valence-electron chi connectivity index (χ2n) is 3.98. The van der Waals surface area contributed by atoms with Crippen LogP contribution in [0.5, 0.6) is 0 Å². The summed E-state index contributed by atoms with van der Waals surface area (Å²) in [5.74, 6) is 0. The molecule has 0 saturated carbocycles. The Morgan fingerprint density at radius 1 is 1.16 bits per heavy atom. The van der Waals surface area contributed by atoms with E-state index >= 15 is 0 Å². The molecule has 3 heteroatoms. The molecule has 0 amide bonds. The highest BCUT2D eigenvalue weighted by Crippen LogP contribution is 2.13. The largest absolute Gasteiger partial charge is 0.391 e. The lowest BCUT2D eigenvalue weighted by molar-refractivity contribution is 0.132. The monoisotopic (exact) mass is 315 g/mol. The molecule has 19 heavy (non-hydrogen) atoms. The van der Waals surface area contributed by atoms with Crippen molar-refractivity contribution in [3.05, 3.63) is 76.3 Å². The Hall–Kier alpha value is -1.87. The molecule has 0 spiro atoms. The van der Waals surface area contributed by atoms with E-state index in [9.17, 15) is 0 Å². The summed E-state index contributed by atoms with van der Waals surface area (Å²) in [6.45, 7) is 4.19. The summed E-state index contributed by atoms with van der Waals surface area (Å²) in [7, 11) is 0. The Bertz CT molecular complexity index is 593. The van der Waals surface area contributed by atoms with Crippen LogP contribution in [0.4, 0.5) is 0 Å². The Morgan fingerprint density at radius 2 is 2.00 bits per heavy atom. The molecular formula is C16H14BrNO. The van der Waals surface area contributed by atoms with Gasteiger partial charge in [0.2, 0.25) is 0 Å². The zero-order valence-electron chi connectivity index (χ0n) is 10.4. The van der Waals surface area contributed by atoms with Crippen molar-refractivity contribution in [1.29, 1.82) is 0 Å². The second-order valence-corrected chi connectivity index (χ2v) is 4.83. The maximum atomic E-state index is 5.29. The molecule has 0 atom stereocenters. The van der Waals surface area contributed by atoms with Gasteiger partial charge < -0.3 is 4.84 Å². The minimum Gasteiger partial charge on any atom is -0.391 e. The van der Waals surface area contributed by atoms with Crippen molar-refractivity contribution in [3.63, 3.8) is 0 Å². The van der Waals surface area contributed by atoms with Crippen LogP contribution in [0, 0.1) is 0 Å². The Balaban J connectivity index is 1.93. The lowest BCUT2D eigenvalue weighted by Crippen LogP contribution is -1.89. The van der Waals surface area contributed by atoms with E-state index < -0.39 is 0 Å². The highest BCUT2D eigenvalue weighted by atomic mass is 79.9. The summed E-state index contributed by atoms with van der Waals surface area (Å²) in [6.07, 6.45) is 3.51. The number of oxime groups is 1. The molecule has 0 heterocycles. The normalized spacial score (nSPS) is 10.6. The van der Waals surface area contributed by atoms with Gasteiger partial charge in [-0.15, -0.1) is 0 Å². The van der Waals surface area contributed by atoms with E-state index in [2.05, 4.69) is 27.7 Å². The number of rotatable bonds is 5. The minimum atomic E-state index is 0.447. The molecule has 2 rings (SSSR count). The summed E-state index contributed by atoms with van der Waals surface area (Å²) in [5.41, 5.74) is 3.14. The summed E-state index contributed by atoms with van der Waals surface area (Å²) in [6, 6.07) is 15.9. The SMILES string of the molecule is C=Cc1cccc(CON=Cc2ccccc2Br)c1. The van der Waals surface area contributed by atoms with Crippen LogP contribution < -0.4 is 0 Å². The van der Waals surface area contributed by atoms with Gasteiger partial charge in [0.1, 0.15) is 6.61 Å². The highest BCUT2D eigenvalue weighted by molar-refractivity contribution is 9.10. The van der Waals surface area contributed by atoms with Gasteiger partial charge in [0, 0.05) is 10.0 Å². The van der Waals surface area contributed by atoms with Crippen LogP contribution in [0.25, 0.3) is 6.08 Å². The van der Waals surface area contributed by atoms with Gasteiger partial charge in [-0.05, 0) is 23.3 Å². The van der Waals surface area contributed by atoms with Crippen molar-refractivity contribution < 1.29 is 4.84 Å². The molecule has 96 valence electrons. The van der Waals surface area contributed by atoms with E-state index in [1.807, 2.05) is 54.6 Å². The predicted octanol–water partition coefficient (Wildman–Crippen LogP) is 4.64. The molecule has 2 aromatic rings. The Morgan fingerprint density at radius 3 is 2.79 bits per heavy atom. The van der Waals surface area contributed by atoms with Crippen LogP contribution in [0.1, 0.15) is 16.7 Å². The van der Waals surface area contributed by atoms with E-state index in [4.69, 9.17) is 4.84 Å². The average molecular weight is 316 g/mol. The quantitative estimate of drug-likeness (QED) is 0.581. The van der Waals surface area contributed by atoms with Crippen molar-refractivity contribution >= 4 is 28.2 Å². The molecule has 0 radical (unpaired) electrons. The third kappa shape index (κ3) is 4.07. The van der Waals surface area contributed by atoms with Crippen LogP contribution in [-0.2, 0) is 11.4 Å². The number of hydrogen-bond donors (Lipinski definition) is 0. The maximum absolute atomic E-state index is 5.29. The first-order chi connectivity index (χ1) is 9.29. The fourth-order valence-corrected chi connectivity index (χ4v) is 1.98. The van der Waals surface area contributed by atoms with Gasteiger partial charge in [0.15, 0.2) is 0 Å². The summed E-state index contributed by atoms with van der Waals surface area (Å²) in [4.78, 5) is 5.29. The van der Waals surface area contributed by atoms with Gasteiger partial charge in [-0.25, -0.2) is 0 Å². The van der Waals surface area contributed by atoms with E-state index in [1.165, 1.54) is 0 Å². The molecule has 0 saturated heterocycles. The first-order valence-corrected chi connectivity index (χ1v) is 6.70. The van der Waals surface area contributed by atoms with Crippen molar-refractivity contribution in [2.75, 3.05) is 0 Å². The van der Waals surface area contributed by atoms with Crippen LogP contribution in [0.15, 0.2) is 64.7 Å². The molecule has 2 aromatic carbocycles. The lowest BCUT2D eigenvalue weighted by Gasteiger charge is -2.01. The zero-order chi connectivity index (χ0) is 13.5. The smallest absolute Gasteiger partial charge is 0.142 e. The first kappa shape index (κ1) is 13.6. The molecule has 0 unspecified atom stereocenters. The third-order valence-corrected chi connectivity index (χ3v) is 3.31. The molecular weight excluding hydrogens is 302 g/mol.